The number of aryl methyl sites for hydroxylation is 2. The second-order valence-corrected chi connectivity index (χ2v) is 5.79. The fourth-order valence-corrected chi connectivity index (χ4v) is 2.70. The van der Waals surface area contributed by atoms with E-state index in [4.69, 9.17) is 4.42 Å². The lowest BCUT2D eigenvalue weighted by molar-refractivity contribution is 0.391. The Morgan fingerprint density at radius 2 is 2.21 bits per heavy atom. The lowest BCUT2D eigenvalue weighted by Gasteiger charge is -2.15. The Bertz CT molecular complexity index is 504. The molecule has 0 amide bonds. The van der Waals surface area contributed by atoms with Gasteiger partial charge in [-0.05, 0) is 32.0 Å². The van der Waals surface area contributed by atoms with Crippen molar-refractivity contribution in [2.45, 2.75) is 46.1 Å². The van der Waals surface area contributed by atoms with E-state index in [1.807, 2.05) is 6.92 Å². The van der Waals surface area contributed by atoms with E-state index < -0.39 is 0 Å². The lowest BCUT2D eigenvalue weighted by atomic mass is 10.1. The van der Waals surface area contributed by atoms with Gasteiger partial charge in [-0.2, -0.15) is 0 Å². The minimum absolute atomic E-state index is 0.224. The summed E-state index contributed by atoms with van der Waals surface area (Å²) in [5.41, 5.74) is 1.14. The maximum absolute atomic E-state index is 5.88. The molecule has 2 aromatic rings. The quantitative estimate of drug-likeness (QED) is 0.835. The standard InChI is InChI=1S/C15H22N2OS/c1-4-8-16-14(9-12-10-19-11(3)17-12)15-7-6-13(5-2)18-15/h6-7,10,14,16H,4-5,8-9H2,1-3H3. The molecule has 3 nitrogen and oxygen atoms in total. The SMILES string of the molecule is CCCNC(Cc1csc(C)n1)c1ccc(CC)o1. The highest BCUT2D eigenvalue weighted by atomic mass is 32.1. The Balaban J connectivity index is 2.10. The first-order chi connectivity index (χ1) is 9.22. The number of hydrogen-bond acceptors (Lipinski definition) is 4. The number of hydrogen-bond donors (Lipinski definition) is 1. The summed E-state index contributed by atoms with van der Waals surface area (Å²) in [6, 6.07) is 4.38. The van der Waals surface area contributed by atoms with E-state index in [1.165, 1.54) is 0 Å². The maximum Gasteiger partial charge on any atom is 0.121 e. The van der Waals surface area contributed by atoms with Gasteiger partial charge in [-0.3, -0.25) is 0 Å². The van der Waals surface area contributed by atoms with Crippen molar-refractivity contribution in [2.24, 2.45) is 0 Å². The van der Waals surface area contributed by atoms with E-state index in [-0.39, 0.29) is 6.04 Å². The van der Waals surface area contributed by atoms with E-state index in [2.05, 4.69) is 41.7 Å². The molecule has 104 valence electrons. The summed E-state index contributed by atoms with van der Waals surface area (Å²) in [6.45, 7) is 7.33. The second-order valence-electron chi connectivity index (χ2n) is 4.73. The van der Waals surface area contributed by atoms with Crippen molar-refractivity contribution in [3.63, 3.8) is 0 Å². The molecule has 0 spiro atoms. The van der Waals surface area contributed by atoms with Gasteiger partial charge in [0.25, 0.3) is 0 Å². The molecule has 19 heavy (non-hydrogen) atoms. The summed E-state index contributed by atoms with van der Waals surface area (Å²) in [5, 5.41) is 6.81. The Labute approximate surface area is 119 Å². The van der Waals surface area contributed by atoms with Crippen LogP contribution in [-0.2, 0) is 12.8 Å². The number of furan rings is 1. The summed E-state index contributed by atoms with van der Waals surface area (Å²) >= 11 is 1.71. The molecule has 4 heteroatoms. The topological polar surface area (TPSA) is 38.1 Å². The van der Waals surface area contributed by atoms with Crippen molar-refractivity contribution in [2.75, 3.05) is 6.54 Å². The van der Waals surface area contributed by atoms with E-state index in [9.17, 15) is 0 Å². The number of nitrogens with zero attached hydrogens (tertiary/aromatic N) is 1. The maximum atomic E-state index is 5.88. The van der Waals surface area contributed by atoms with Crippen molar-refractivity contribution in [1.29, 1.82) is 0 Å². The van der Waals surface area contributed by atoms with Gasteiger partial charge in [0.1, 0.15) is 11.5 Å². The predicted molar refractivity (Wildman–Crippen MR) is 79.7 cm³/mol. The monoisotopic (exact) mass is 278 g/mol. The minimum atomic E-state index is 0.224. The van der Waals surface area contributed by atoms with Crippen LogP contribution >= 0.6 is 11.3 Å². The van der Waals surface area contributed by atoms with E-state index in [1.54, 1.807) is 11.3 Å². The van der Waals surface area contributed by atoms with Gasteiger partial charge in [0.15, 0.2) is 0 Å². The van der Waals surface area contributed by atoms with Crippen LogP contribution in [0.2, 0.25) is 0 Å². The van der Waals surface area contributed by atoms with Gasteiger partial charge in [0.2, 0.25) is 0 Å². The number of rotatable bonds is 7. The molecule has 2 aromatic heterocycles. The number of nitrogens with one attached hydrogen (secondary N) is 1. The van der Waals surface area contributed by atoms with E-state index in [0.717, 1.165) is 48.0 Å². The fraction of sp³-hybridized carbons (Fsp3) is 0.533. The predicted octanol–water partition coefficient (Wildman–Crippen LogP) is 3.89. The van der Waals surface area contributed by atoms with Crippen LogP contribution in [-0.4, -0.2) is 11.5 Å². The molecule has 0 aliphatic rings. The summed E-state index contributed by atoms with van der Waals surface area (Å²) in [6.07, 6.45) is 2.95. The van der Waals surface area contributed by atoms with Crippen LogP contribution in [0.1, 0.15) is 48.5 Å². The molecule has 0 saturated carbocycles. The molecule has 0 aliphatic carbocycles. The van der Waals surface area contributed by atoms with Gasteiger partial charge >= 0.3 is 0 Å². The van der Waals surface area contributed by atoms with E-state index >= 15 is 0 Å². The molecule has 2 rings (SSSR count). The molecule has 0 aromatic carbocycles. The Kier molecular flexibility index (Phi) is 5.16. The fourth-order valence-electron chi connectivity index (χ4n) is 2.07. The van der Waals surface area contributed by atoms with Gasteiger partial charge in [0, 0.05) is 18.2 Å². The number of thiazole rings is 1. The average Bonchev–Trinajstić information content (AvgIpc) is 3.03. The normalized spacial score (nSPS) is 12.8. The van der Waals surface area contributed by atoms with Gasteiger partial charge < -0.3 is 9.73 Å². The zero-order valence-electron chi connectivity index (χ0n) is 11.9. The lowest BCUT2D eigenvalue weighted by Crippen LogP contribution is -2.23. The van der Waals surface area contributed by atoms with Crippen LogP contribution in [0.5, 0.6) is 0 Å². The highest BCUT2D eigenvalue weighted by molar-refractivity contribution is 7.09. The first-order valence-electron chi connectivity index (χ1n) is 6.96. The minimum Gasteiger partial charge on any atom is -0.464 e. The Morgan fingerprint density at radius 3 is 2.79 bits per heavy atom. The molecular formula is C15H22N2OS. The molecule has 2 heterocycles. The summed E-state index contributed by atoms with van der Waals surface area (Å²) in [4.78, 5) is 4.55. The van der Waals surface area contributed by atoms with Crippen LogP contribution in [0.25, 0.3) is 0 Å². The third-order valence-electron chi connectivity index (χ3n) is 3.09. The van der Waals surface area contributed by atoms with Crippen LogP contribution < -0.4 is 5.32 Å². The molecular weight excluding hydrogens is 256 g/mol. The third-order valence-corrected chi connectivity index (χ3v) is 3.92. The van der Waals surface area contributed by atoms with Crippen molar-refractivity contribution in [3.05, 3.63) is 39.7 Å². The number of aromatic nitrogens is 1. The molecule has 0 aliphatic heterocycles. The van der Waals surface area contributed by atoms with Crippen LogP contribution in [0, 0.1) is 6.92 Å². The third kappa shape index (κ3) is 3.91. The van der Waals surface area contributed by atoms with Crippen molar-refractivity contribution < 1.29 is 4.42 Å². The smallest absolute Gasteiger partial charge is 0.121 e. The average molecular weight is 278 g/mol. The summed E-state index contributed by atoms with van der Waals surface area (Å²) < 4.78 is 5.88. The van der Waals surface area contributed by atoms with Gasteiger partial charge in [-0.1, -0.05) is 13.8 Å². The van der Waals surface area contributed by atoms with Crippen LogP contribution in [0.4, 0.5) is 0 Å². The second kappa shape index (κ2) is 6.87. The van der Waals surface area contributed by atoms with Crippen molar-refractivity contribution in [3.8, 4) is 0 Å². The zero-order chi connectivity index (χ0) is 13.7. The van der Waals surface area contributed by atoms with E-state index in [0.29, 0.717) is 0 Å². The van der Waals surface area contributed by atoms with Crippen molar-refractivity contribution >= 4 is 11.3 Å². The molecule has 0 fully saturated rings. The Morgan fingerprint density at radius 1 is 1.37 bits per heavy atom. The summed E-state index contributed by atoms with van der Waals surface area (Å²) in [5.74, 6) is 2.07. The molecule has 1 N–H and O–H groups in total. The molecule has 0 bridgehead atoms. The summed E-state index contributed by atoms with van der Waals surface area (Å²) in [7, 11) is 0. The highest BCUT2D eigenvalue weighted by Gasteiger charge is 2.16. The van der Waals surface area contributed by atoms with Gasteiger partial charge in [-0.15, -0.1) is 11.3 Å². The molecule has 1 atom stereocenters. The van der Waals surface area contributed by atoms with Crippen molar-refractivity contribution in [1.82, 2.24) is 10.3 Å². The Hall–Kier alpha value is -1.13. The molecule has 0 radical (unpaired) electrons. The van der Waals surface area contributed by atoms with Gasteiger partial charge in [-0.25, -0.2) is 4.98 Å². The first kappa shape index (κ1) is 14.3. The molecule has 1 unspecified atom stereocenters. The van der Waals surface area contributed by atoms with Crippen LogP contribution in [0.3, 0.4) is 0 Å². The first-order valence-corrected chi connectivity index (χ1v) is 7.83. The highest BCUT2D eigenvalue weighted by Crippen LogP contribution is 2.22. The zero-order valence-corrected chi connectivity index (χ0v) is 12.7. The van der Waals surface area contributed by atoms with Gasteiger partial charge in [0.05, 0.1) is 16.7 Å². The van der Waals surface area contributed by atoms with Crippen LogP contribution in [0.15, 0.2) is 21.9 Å². The largest absolute Gasteiger partial charge is 0.464 e. The molecule has 0 saturated heterocycles.